The second-order valence-corrected chi connectivity index (χ2v) is 7.91. The molecular weight excluding hydrogens is 433 g/mol. The first-order valence-electron chi connectivity index (χ1n) is 9.68. The number of hydrogen-bond donors (Lipinski definition) is 1. The highest BCUT2D eigenvalue weighted by Crippen LogP contribution is 2.59. The van der Waals surface area contributed by atoms with Crippen molar-refractivity contribution >= 4 is 11.0 Å². The Kier molecular flexibility index (Phi) is 5.12. The van der Waals surface area contributed by atoms with Crippen molar-refractivity contribution in [2.24, 2.45) is 5.92 Å². The minimum atomic E-state index is -4.74. The molecule has 32 heavy (non-hydrogen) atoms. The summed E-state index contributed by atoms with van der Waals surface area (Å²) in [5.74, 6) is -5.15. The smallest absolute Gasteiger partial charge is 0.417 e. The fourth-order valence-corrected chi connectivity index (χ4v) is 4.28. The molecule has 1 saturated heterocycles. The van der Waals surface area contributed by atoms with Crippen molar-refractivity contribution in [1.82, 2.24) is 9.97 Å². The van der Waals surface area contributed by atoms with Crippen LogP contribution in [0, 0.1) is 28.9 Å². The molecule has 4 atom stereocenters. The fraction of sp³-hybridized carbons (Fsp3) is 0.364. The average molecular weight is 451 g/mol. The Bertz CT molecular complexity index is 1230. The van der Waals surface area contributed by atoms with E-state index in [1.165, 1.54) is 25.1 Å². The number of nitrogens with one attached hydrogen (secondary N) is 1. The molecule has 0 radical (unpaired) electrons. The van der Waals surface area contributed by atoms with Crippen LogP contribution >= 0.6 is 0 Å². The number of rotatable bonds is 3. The van der Waals surface area contributed by atoms with Crippen LogP contribution in [0.5, 0.6) is 5.75 Å². The molecule has 4 rings (SSSR count). The highest BCUT2D eigenvalue weighted by Gasteiger charge is 2.65. The third-order valence-corrected chi connectivity index (χ3v) is 6.21. The van der Waals surface area contributed by atoms with Gasteiger partial charge in [0.1, 0.15) is 11.9 Å². The molecule has 1 aromatic heterocycles. The fourth-order valence-electron chi connectivity index (χ4n) is 4.28. The molecule has 1 aliphatic heterocycles. The lowest BCUT2D eigenvalue weighted by molar-refractivity contribution is -0.275. The number of alkyl halides is 3. The summed E-state index contributed by atoms with van der Waals surface area (Å²) in [6, 6.07) is 8.63. The highest BCUT2D eigenvalue weighted by atomic mass is 19.4. The van der Waals surface area contributed by atoms with Crippen molar-refractivity contribution in [2.45, 2.75) is 37.6 Å². The molecule has 0 spiro atoms. The number of methoxy groups -OCH3 is 1. The Balaban J connectivity index is 1.91. The van der Waals surface area contributed by atoms with Gasteiger partial charge in [-0.1, -0.05) is 13.0 Å². The lowest BCUT2D eigenvalue weighted by Gasteiger charge is -2.32. The summed E-state index contributed by atoms with van der Waals surface area (Å²) in [5.41, 5.74) is -1.35. The summed E-state index contributed by atoms with van der Waals surface area (Å²) in [7, 11) is 1.12. The van der Waals surface area contributed by atoms with Gasteiger partial charge < -0.3 is 14.5 Å². The van der Waals surface area contributed by atoms with Crippen LogP contribution < -0.4 is 4.74 Å². The number of halogens is 5. The van der Waals surface area contributed by atoms with Crippen LogP contribution in [0.1, 0.15) is 42.8 Å². The summed E-state index contributed by atoms with van der Waals surface area (Å²) in [6.07, 6.45) is -6.01. The predicted octanol–water partition coefficient (Wildman–Crippen LogP) is 5.53. The molecular formula is C22H18F5N3O2. The number of aromatic amines is 1. The number of ether oxygens (including phenoxy) is 2. The van der Waals surface area contributed by atoms with E-state index in [0.717, 1.165) is 20.1 Å². The van der Waals surface area contributed by atoms with Crippen molar-refractivity contribution in [1.29, 1.82) is 5.26 Å². The minimum Gasteiger partial charge on any atom is -0.493 e. The zero-order chi connectivity index (χ0) is 23.4. The minimum absolute atomic E-state index is 0.0371. The van der Waals surface area contributed by atoms with E-state index >= 15 is 0 Å². The van der Waals surface area contributed by atoms with Gasteiger partial charge in [0.15, 0.2) is 17.2 Å². The molecule has 1 aliphatic rings. The van der Waals surface area contributed by atoms with Crippen LogP contribution in [0.4, 0.5) is 22.0 Å². The van der Waals surface area contributed by atoms with Gasteiger partial charge in [-0.2, -0.15) is 22.8 Å². The van der Waals surface area contributed by atoms with Gasteiger partial charge in [-0.3, -0.25) is 0 Å². The predicted molar refractivity (Wildman–Crippen MR) is 104 cm³/mol. The van der Waals surface area contributed by atoms with Crippen molar-refractivity contribution in [3.05, 3.63) is 58.9 Å². The zero-order valence-electron chi connectivity index (χ0n) is 17.2. The van der Waals surface area contributed by atoms with Gasteiger partial charge in [-0.05, 0) is 31.2 Å². The first-order valence-corrected chi connectivity index (χ1v) is 9.68. The van der Waals surface area contributed by atoms with Crippen LogP contribution in [0.2, 0.25) is 0 Å². The molecule has 2 aromatic carbocycles. The van der Waals surface area contributed by atoms with Crippen LogP contribution in [0.15, 0.2) is 30.3 Å². The van der Waals surface area contributed by atoms with Crippen molar-refractivity contribution in [2.75, 3.05) is 7.11 Å². The van der Waals surface area contributed by atoms with E-state index in [2.05, 4.69) is 9.97 Å². The van der Waals surface area contributed by atoms with E-state index in [1.807, 2.05) is 6.07 Å². The summed E-state index contributed by atoms with van der Waals surface area (Å²) in [4.78, 5) is 7.28. The number of benzene rings is 2. The first-order chi connectivity index (χ1) is 15.0. The maximum atomic E-state index is 14.4. The molecule has 1 N–H and O–H groups in total. The van der Waals surface area contributed by atoms with E-state index in [9.17, 15) is 22.0 Å². The molecule has 0 bridgehead atoms. The first kappa shape index (κ1) is 22.0. The quantitative estimate of drug-likeness (QED) is 0.532. The monoisotopic (exact) mass is 451 g/mol. The summed E-state index contributed by atoms with van der Waals surface area (Å²) < 4.78 is 81.0. The van der Waals surface area contributed by atoms with Gasteiger partial charge in [0.05, 0.1) is 29.8 Å². The largest absolute Gasteiger partial charge is 0.493 e. The maximum Gasteiger partial charge on any atom is 0.417 e. The highest BCUT2D eigenvalue weighted by molar-refractivity contribution is 5.76. The normalized spacial score (nSPS) is 25.8. The molecule has 5 nitrogen and oxygen atoms in total. The molecule has 0 amide bonds. The molecule has 3 aromatic rings. The van der Waals surface area contributed by atoms with E-state index in [0.29, 0.717) is 16.6 Å². The standard InChI is InChI=1S/C22H18F5N3O2/c1-10-16(12-5-6-13(23)17(24)18(12)31-3)19(32-21(10,2)22(25,26)27)20-29-14-7-4-11(9-28)8-15(14)30-20/h4-8,10,16,19H,1-3H3,(H,29,30)/t10-,16-,19+,21+/m0/s1. The van der Waals surface area contributed by atoms with E-state index in [1.54, 1.807) is 6.07 Å². The van der Waals surface area contributed by atoms with E-state index < -0.39 is 47.1 Å². The number of H-pyrrole nitrogens is 1. The second-order valence-electron chi connectivity index (χ2n) is 7.91. The molecule has 1 fully saturated rings. The molecule has 168 valence electrons. The van der Waals surface area contributed by atoms with Crippen molar-refractivity contribution < 1.29 is 31.4 Å². The number of nitriles is 1. The molecule has 0 unspecified atom stereocenters. The van der Waals surface area contributed by atoms with Gasteiger partial charge >= 0.3 is 6.18 Å². The molecule has 0 aliphatic carbocycles. The third-order valence-electron chi connectivity index (χ3n) is 6.21. The van der Waals surface area contributed by atoms with Gasteiger partial charge in [-0.25, -0.2) is 9.37 Å². The number of hydrogen-bond acceptors (Lipinski definition) is 4. The van der Waals surface area contributed by atoms with Gasteiger partial charge in [0.25, 0.3) is 0 Å². The number of aromatic nitrogens is 2. The van der Waals surface area contributed by atoms with Crippen LogP contribution in [0.25, 0.3) is 11.0 Å². The Labute approximate surface area is 179 Å². The lowest BCUT2D eigenvalue weighted by Crippen LogP contribution is -2.46. The van der Waals surface area contributed by atoms with Crippen molar-refractivity contribution in [3.63, 3.8) is 0 Å². The van der Waals surface area contributed by atoms with Crippen LogP contribution in [0.3, 0.4) is 0 Å². The topological polar surface area (TPSA) is 70.9 Å². The van der Waals surface area contributed by atoms with Gasteiger partial charge in [0.2, 0.25) is 5.82 Å². The zero-order valence-corrected chi connectivity index (χ0v) is 17.2. The van der Waals surface area contributed by atoms with E-state index in [4.69, 9.17) is 14.7 Å². The number of fused-ring (bicyclic) bond motifs is 1. The van der Waals surface area contributed by atoms with Gasteiger partial charge in [0, 0.05) is 17.4 Å². The molecule has 2 heterocycles. The van der Waals surface area contributed by atoms with Gasteiger partial charge in [-0.15, -0.1) is 0 Å². The molecule has 0 saturated carbocycles. The van der Waals surface area contributed by atoms with E-state index in [-0.39, 0.29) is 11.4 Å². The van der Waals surface area contributed by atoms with Crippen LogP contribution in [-0.2, 0) is 4.74 Å². The second kappa shape index (κ2) is 7.45. The number of nitrogens with zero attached hydrogens (tertiary/aromatic N) is 2. The molecule has 10 heteroatoms. The lowest BCUT2D eigenvalue weighted by atomic mass is 9.77. The average Bonchev–Trinajstić information content (AvgIpc) is 3.28. The Morgan fingerprint density at radius 1 is 1.22 bits per heavy atom. The van der Waals surface area contributed by atoms with Crippen LogP contribution in [-0.4, -0.2) is 28.9 Å². The van der Waals surface area contributed by atoms with Crippen molar-refractivity contribution in [3.8, 4) is 11.8 Å². The number of imidazole rings is 1. The Hall–Kier alpha value is -3.19. The Morgan fingerprint density at radius 3 is 2.56 bits per heavy atom. The SMILES string of the molecule is COc1c([C@H]2[C@H](c3nc4ccc(C#N)cc4[nH]3)O[C@@](C)(C(F)(F)F)[C@H]2C)ccc(F)c1F. The summed E-state index contributed by atoms with van der Waals surface area (Å²) in [5, 5.41) is 9.09. The third kappa shape index (κ3) is 3.19. The summed E-state index contributed by atoms with van der Waals surface area (Å²) >= 11 is 0. The maximum absolute atomic E-state index is 14.4. The Morgan fingerprint density at radius 2 is 1.94 bits per heavy atom. The summed E-state index contributed by atoms with van der Waals surface area (Å²) in [6.45, 7) is 2.27.